The van der Waals surface area contributed by atoms with E-state index >= 15 is 0 Å². The second-order valence-corrected chi connectivity index (χ2v) is 7.95. The fourth-order valence-corrected chi connectivity index (χ4v) is 3.95. The number of aromatic amines is 1. The van der Waals surface area contributed by atoms with E-state index in [1.165, 1.54) is 19.3 Å². The van der Waals surface area contributed by atoms with Gasteiger partial charge in [-0.3, -0.25) is 4.79 Å². The smallest absolute Gasteiger partial charge is 0.272 e. The Hall–Kier alpha value is -4.19. The van der Waals surface area contributed by atoms with Gasteiger partial charge < -0.3 is 14.6 Å². The molecule has 2 N–H and O–H groups in total. The molecule has 1 saturated carbocycles. The monoisotopic (exact) mass is 427 g/mol. The molecule has 2 aromatic heterocycles. The van der Waals surface area contributed by atoms with E-state index in [1.807, 2.05) is 35.9 Å². The van der Waals surface area contributed by atoms with Crippen molar-refractivity contribution < 1.29 is 9.53 Å². The molecule has 5 rings (SSSR count). The van der Waals surface area contributed by atoms with Crippen molar-refractivity contribution in [2.24, 2.45) is 13.0 Å². The van der Waals surface area contributed by atoms with Gasteiger partial charge >= 0.3 is 0 Å². The number of benzene rings is 2. The number of carbonyl (C=O) groups excluding carboxylic acids is 1. The Morgan fingerprint density at radius 1 is 1.31 bits per heavy atom. The van der Waals surface area contributed by atoms with Crippen LogP contribution in [-0.2, 0) is 7.05 Å². The number of fused-ring (bicyclic) bond motifs is 1. The van der Waals surface area contributed by atoms with Gasteiger partial charge in [-0.15, -0.1) is 10.2 Å². The van der Waals surface area contributed by atoms with Gasteiger partial charge in [-0.1, -0.05) is 18.6 Å². The third-order valence-corrected chi connectivity index (χ3v) is 5.93. The second-order valence-electron chi connectivity index (χ2n) is 7.95. The predicted octanol–water partition coefficient (Wildman–Crippen LogP) is 3.66. The van der Waals surface area contributed by atoms with E-state index in [2.05, 4.69) is 32.0 Å². The van der Waals surface area contributed by atoms with Crippen molar-refractivity contribution in [3.8, 4) is 23.2 Å². The summed E-state index contributed by atoms with van der Waals surface area (Å²) in [5.41, 5.74) is 2.80. The Kier molecular flexibility index (Phi) is 5.03. The molecule has 1 aliphatic carbocycles. The highest BCUT2D eigenvalue weighted by atomic mass is 16.5. The normalized spacial score (nSPS) is 13.5. The van der Waals surface area contributed by atoms with E-state index < -0.39 is 0 Å². The molecule has 0 saturated heterocycles. The number of nitrogens with zero attached hydrogens (tertiary/aromatic N) is 5. The minimum absolute atomic E-state index is 0.289. The predicted molar refractivity (Wildman–Crippen MR) is 118 cm³/mol. The first-order valence-electron chi connectivity index (χ1n) is 10.4. The van der Waals surface area contributed by atoms with Gasteiger partial charge in [-0.05, 0) is 54.3 Å². The van der Waals surface area contributed by atoms with Crippen LogP contribution in [-0.4, -0.2) is 37.7 Å². The molecule has 0 spiro atoms. The minimum Gasteiger partial charge on any atom is -0.491 e. The molecule has 32 heavy (non-hydrogen) atoms. The maximum Gasteiger partial charge on any atom is 0.272 e. The van der Waals surface area contributed by atoms with Gasteiger partial charge in [-0.25, -0.2) is 0 Å². The van der Waals surface area contributed by atoms with E-state index in [-0.39, 0.29) is 5.91 Å². The van der Waals surface area contributed by atoms with Crippen LogP contribution in [0.4, 0.5) is 5.69 Å². The number of tetrazole rings is 1. The van der Waals surface area contributed by atoms with Crippen LogP contribution >= 0.6 is 0 Å². The molecule has 1 fully saturated rings. The van der Waals surface area contributed by atoms with Crippen LogP contribution in [0, 0.1) is 17.2 Å². The summed E-state index contributed by atoms with van der Waals surface area (Å²) in [6, 6.07) is 14.7. The Balaban J connectivity index is 1.46. The van der Waals surface area contributed by atoms with Gasteiger partial charge in [-0.2, -0.15) is 10.5 Å². The summed E-state index contributed by atoms with van der Waals surface area (Å²) in [6.45, 7) is 0.700. The van der Waals surface area contributed by atoms with Crippen molar-refractivity contribution >= 4 is 22.5 Å². The Bertz CT molecular complexity index is 1330. The molecule has 0 radical (unpaired) electrons. The van der Waals surface area contributed by atoms with Gasteiger partial charge in [0.2, 0.25) is 5.82 Å². The van der Waals surface area contributed by atoms with Crippen LogP contribution in [0.15, 0.2) is 42.5 Å². The van der Waals surface area contributed by atoms with Crippen molar-refractivity contribution in [2.75, 3.05) is 11.9 Å². The molecule has 1 amide bonds. The molecule has 2 heterocycles. The summed E-state index contributed by atoms with van der Waals surface area (Å²) in [5.74, 6) is 1.40. The number of para-hydroxylation sites is 1. The van der Waals surface area contributed by atoms with Gasteiger partial charge in [0.25, 0.3) is 5.91 Å². The lowest BCUT2D eigenvalue weighted by atomic mass is 9.86. The number of anilines is 1. The van der Waals surface area contributed by atoms with Crippen molar-refractivity contribution in [2.45, 2.75) is 19.3 Å². The number of rotatable bonds is 6. The molecule has 9 heteroatoms. The third kappa shape index (κ3) is 3.56. The summed E-state index contributed by atoms with van der Waals surface area (Å²) < 4.78 is 7.94. The summed E-state index contributed by atoms with van der Waals surface area (Å²) in [5, 5.41) is 27.0. The number of amides is 1. The number of carbonyl (C=O) groups is 1. The summed E-state index contributed by atoms with van der Waals surface area (Å²) in [7, 11) is 1.85. The standard InChI is InChI=1S/C23H21N7O2/c1-30-19(11-16-6-3-7-20(21(16)30)32-13-14-4-2-5-14)23(31)25-18-9-8-15(12-24)10-17(18)22-26-28-29-27-22/h3,6-11,14H,2,4-5,13H2,1H3,(H,25,31)(H,26,27,28,29). The number of aromatic nitrogens is 5. The fraction of sp³-hybridized carbons (Fsp3) is 0.261. The zero-order valence-corrected chi connectivity index (χ0v) is 17.5. The van der Waals surface area contributed by atoms with Gasteiger partial charge in [0, 0.05) is 18.0 Å². The van der Waals surface area contributed by atoms with E-state index in [0.717, 1.165) is 16.7 Å². The first kappa shape index (κ1) is 19.8. The Morgan fingerprint density at radius 3 is 2.91 bits per heavy atom. The summed E-state index contributed by atoms with van der Waals surface area (Å²) in [4.78, 5) is 13.2. The molecular formula is C23H21N7O2. The molecule has 2 aromatic carbocycles. The second kappa shape index (κ2) is 8.15. The number of ether oxygens (including phenoxy) is 1. The van der Waals surface area contributed by atoms with E-state index in [9.17, 15) is 10.1 Å². The topological polar surface area (TPSA) is 122 Å². The van der Waals surface area contributed by atoms with E-state index in [0.29, 0.717) is 40.9 Å². The lowest BCUT2D eigenvalue weighted by Gasteiger charge is -2.25. The molecule has 0 atom stereocenters. The van der Waals surface area contributed by atoms with Gasteiger partial charge in [0.1, 0.15) is 11.4 Å². The lowest BCUT2D eigenvalue weighted by Crippen LogP contribution is -2.19. The molecule has 1 aliphatic rings. The fourth-order valence-electron chi connectivity index (χ4n) is 3.95. The summed E-state index contributed by atoms with van der Waals surface area (Å²) in [6.07, 6.45) is 3.70. The average Bonchev–Trinajstić information content (AvgIpc) is 3.42. The number of hydrogen-bond acceptors (Lipinski definition) is 6. The SMILES string of the molecule is Cn1c(C(=O)Nc2ccc(C#N)cc2-c2nn[nH]n2)cc2cccc(OCC3CCC3)c21. The van der Waals surface area contributed by atoms with Crippen molar-refractivity contribution in [1.29, 1.82) is 5.26 Å². The molecule has 4 aromatic rings. The van der Waals surface area contributed by atoms with Crippen LogP contribution < -0.4 is 10.1 Å². The highest BCUT2D eigenvalue weighted by Crippen LogP contribution is 2.32. The highest BCUT2D eigenvalue weighted by molar-refractivity contribution is 6.08. The van der Waals surface area contributed by atoms with E-state index in [1.54, 1.807) is 18.2 Å². The molecule has 9 nitrogen and oxygen atoms in total. The van der Waals surface area contributed by atoms with Crippen LogP contribution in [0.1, 0.15) is 35.3 Å². The molecule has 0 aliphatic heterocycles. The largest absolute Gasteiger partial charge is 0.491 e. The number of aryl methyl sites for hydroxylation is 1. The van der Waals surface area contributed by atoms with Crippen LogP contribution in [0.25, 0.3) is 22.3 Å². The molecular weight excluding hydrogens is 406 g/mol. The molecule has 160 valence electrons. The van der Waals surface area contributed by atoms with E-state index in [4.69, 9.17) is 4.74 Å². The van der Waals surface area contributed by atoms with Gasteiger partial charge in [0.15, 0.2) is 0 Å². The number of nitriles is 1. The first-order valence-corrected chi connectivity index (χ1v) is 10.4. The van der Waals surface area contributed by atoms with Crippen molar-refractivity contribution in [1.82, 2.24) is 25.2 Å². The third-order valence-electron chi connectivity index (χ3n) is 5.93. The molecule has 0 bridgehead atoms. The van der Waals surface area contributed by atoms with Gasteiger partial charge in [0.05, 0.1) is 29.4 Å². The first-order chi connectivity index (χ1) is 15.6. The number of nitrogens with one attached hydrogen (secondary N) is 2. The maximum absolute atomic E-state index is 13.2. The van der Waals surface area contributed by atoms with Crippen molar-refractivity contribution in [3.63, 3.8) is 0 Å². The minimum atomic E-state index is -0.289. The van der Waals surface area contributed by atoms with Crippen molar-refractivity contribution in [3.05, 3.63) is 53.7 Å². The van der Waals surface area contributed by atoms with Crippen LogP contribution in [0.2, 0.25) is 0 Å². The highest BCUT2D eigenvalue weighted by Gasteiger charge is 2.21. The zero-order valence-electron chi connectivity index (χ0n) is 17.5. The lowest BCUT2D eigenvalue weighted by molar-refractivity contribution is 0.101. The average molecular weight is 427 g/mol. The Morgan fingerprint density at radius 2 is 2.19 bits per heavy atom. The summed E-state index contributed by atoms with van der Waals surface area (Å²) >= 11 is 0. The zero-order chi connectivity index (χ0) is 22.1. The van der Waals surface area contributed by atoms with Crippen LogP contribution in [0.5, 0.6) is 5.75 Å². The number of hydrogen-bond donors (Lipinski definition) is 2. The maximum atomic E-state index is 13.2. The van der Waals surface area contributed by atoms with Crippen LogP contribution in [0.3, 0.4) is 0 Å². The Labute approximate surface area is 184 Å². The number of H-pyrrole nitrogens is 1. The molecule has 0 unspecified atom stereocenters. The quantitative estimate of drug-likeness (QED) is 0.484.